The molecule has 4 rings (SSSR count). The lowest BCUT2D eigenvalue weighted by molar-refractivity contribution is -0.192. The summed E-state index contributed by atoms with van der Waals surface area (Å²) >= 11 is 5.96. The molecule has 3 N–H and O–H groups in total. The van der Waals surface area contributed by atoms with Crippen molar-refractivity contribution in [1.29, 1.82) is 0 Å². The van der Waals surface area contributed by atoms with Gasteiger partial charge in [0.1, 0.15) is 18.2 Å². The summed E-state index contributed by atoms with van der Waals surface area (Å²) in [5.41, 5.74) is 2.78. The SMILES string of the molecule is Cc1cnc(Nc2ccc(OCCN3CCCC3)cc2)nc1Nc1ccc(Cl)cc1.O=C(O)C(F)(F)F. The Bertz CT molecular complexity index is 1160. The quantitative estimate of drug-likeness (QED) is 0.320. The first kappa shape index (κ1) is 28.0. The Hall–Kier alpha value is -3.57. The summed E-state index contributed by atoms with van der Waals surface area (Å²) in [7, 11) is 0. The molecule has 0 saturated carbocycles. The minimum Gasteiger partial charge on any atom is -0.492 e. The second kappa shape index (κ2) is 13.1. The second-order valence-corrected chi connectivity index (χ2v) is 8.64. The molecule has 2 aromatic carbocycles. The molecule has 3 aromatic rings. The van der Waals surface area contributed by atoms with Crippen molar-refractivity contribution < 1.29 is 27.8 Å². The van der Waals surface area contributed by atoms with Crippen LogP contribution in [-0.2, 0) is 4.79 Å². The zero-order chi connectivity index (χ0) is 26.8. The lowest BCUT2D eigenvalue weighted by atomic mass is 10.3. The van der Waals surface area contributed by atoms with Gasteiger partial charge in [-0.05, 0) is 81.4 Å². The monoisotopic (exact) mass is 537 g/mol. The summed E-state index contributed by atoms with van der Waals surface area (Å²) in [6.45, 7) is 6.06. The van der Waals surface area contributed by atoms with Crippen molar-refractivity contribution in [3.8, 4) is 5.75 Å². The number of carboxylic acid groups (broad SMARTS) is 1. The molecule has 0 spiro atoms. The molecule has 1 aromatic heterocycles. The molecule has 8 nitrogen and oxygen atoms in total. The van der Waals surface area contributed by atoms with E-state index in [0.717, 1.165) is 35.1 Å². The first-order chi connectivity index (χ1) is 17.6. The number of nitrogens with one attached hydrogen (secondary N) is 2. The molecule has 198 valence electrons. The van der Waals surface area contributed by atoms with E-state index < -0.39 is 12.1 Å². The Morgan fingerprint density at radius 3 is 2.22 bits per heavy atom. The highest BCUT2D eigenvalue weighted by molar-refractivity contribution is 6.30. The van der Waals surface area contributed by atoms with Gasteiger partial charge in [0.05, 0.1) is 0 Å². The van der Waals surface area contributed by atoms with Gasteiger partial charge in [-0.1, -0.05) is 11.6 Å². The maximum atomic E-state index is 10.6. The number of nitrogens with zero attached hydrogens (tertiary/aromatic N) is 3. The van der Waals surface area contributed by atoms with E-state index in [1.54, 1.807) is 6.20 Å². The Kier molecular flexibility index (Phi) is 9.93. The van der Waals surface area contributed by atoms with Crippen LogP contribution < -0.4 is 15.4 Å². The summed E-state index contributed by atoms with van der Waals surface area (Å²) < 4.78 is 37.6. The van der Waals surface area contributed by atoms with E-state index >= 15 is 0 Å². The van der Waals surface area contributed by atoms with E-state index in [9.17, 15) is 13.2 Å². The van der Waals surface area contributed by atoms with Gasteiger partial charge in [-0.2, -0.15) is 18.2 Å². The van der Waals surface area contributed by atoms with E-state index in [1.165, 1.54) is 25.9 Å². The molecule has 1 saturated heterocycles. The number of ether oxygens (including phenoxy) is 1. The van der Waals surface area contributed by atoms with Crippen LogP contribution in [0.4, 0.5) is 36.3 Å². The second-order valence-electron chi connectivity index (χ2n) is 8.21. The van der Waals surface area contributed by atoms with Gasteiger partial charge in [0, 0.05) is 34.7 Å². The van der Waals surface area contributed by atoms with Crippen molar-refractivity contribution in [3.63, 3.8) is 0 Å². The largest absolute Gasteiger partial charge is 0.492 e. The van der Waals surface area contributed by atoms with Gasteiger partial charge in [0.2, 0.25) is 5.95 Å². The van der Waals surface area contributed by atoms with Crippen molar-refractivity contribution >= 4 is 40.7 Å². The number of aromatic nitrogens is 2. The van der Waals surface area contributed by atoms with Gasteiger partial charge in [0.15, 0.2) is 0 Å². The number of halogens is 4. The molecule has 12 heteroatoms. The fourth-order valence-electron chi connectivity index (χ4n) is 3.36. The summed E-state index contributed by atoms with van der Waals surface area (Å²) in [5, 5.41) is 14.4. The lowest BCUT2D eigenvalue weighted by Gasteiger charge is -2.15. The molecule has 0 unspecified atom stereocenters. The standard InChI is InChI=1S/C23H26ClN5O.C2HF3O2/c1-17-16-25-23(28-22(17)26-19-6-4-18(24)5-7-19)27-20-8-10-21(11-9-20)30-15-14-29-12-2-3-13-29;3-2(4,5)1(6)7/h4-11,16H,2-3,12-15H2,1H3,(H2,25,26,27,28);(H,6,7). The molecule has 1 aliphatic heterocycles. The third kappa shape index (κ3) is 9.43. The molecule has 0 aliphatic carbocycles. The van der Waals surface area contributed by atoms with Crippen LogP contribution >= 0.6 is 11.6 Å². The van der Waals surface area contributed by atoms with Crippen LogP contribution in [0.3, 0.4) is 0 Å². The summed E-state index contributed by atoms with van der Waals surface area (Å²) in [5.74, 6) is -0.612. The number of rotatable bonds is 8. The van der Waals surface area contributed by atoms with Crippen LogP contribution in [0.15, 0.2) is 54.7 Å². The summed E-state index contributed by atoms with van der Waals surface area (Å²) in [4.78, 5) is 20.3. The van der Waals surface area contributed by atoms with Gasteiger partial charge in [0.25, 0.3) is 0 Å². The Morgan fingerprint density at radius 2 is 1.62 bits per heavy atom. The molecule has 37 heavy (non-hydrogen) atoms. The van der Waals surface area contributed by atoms with Crippen LogP contribution in [-0.4, -0.2) is 58.4 Å². The number of carboxylic acids is 1. The van der Waals surface area contributed by atoms with Gasteiger partial charge < -0.3 is 20.5 Å². The molecule has 2 heterocycles. The highest BCUT2D eigenvalue weighted by Gasteiger charge is 2.38. The first-order valence-corrected chi connectivity index (χ1v) is 11.9. The molecule has 1 aliphatic rings. The number of hydrogen-bond acceptors (Lipinski definition) is 7. The lowest BCUT2D eigenvalue weighted by Crippen LogP contribution is -2.25. The van der Waals surface area contributed by atoms with Crippen molar-refractivity contribution in [2.75, 3.05) is 36.9 Å². The normalized spacial score (nSPS) is 13.4. The fourth-order valence-corrected chi connectivity index (χ4v) is 3.49. The highest BCUT2D eigenvalue weighted by atomic mass is 35.5. The molecule has 1 fully saturated rings. The number of aliphatic carboxylic acids is 1. The highest BCUT2D eigenvalue weighted by Crippen LogP contribution is 2.23. The predicted molar refractivity (Wildman–Crippen MR) is 136 cm³/mol. The van der Waals surface area contributed by atoms with E-state index in [-0.39, 0.29) is 0 Å². The molecule has 0 radical (unpaired) electrons. The maximum Gasteiger partial charge on any atom is 0.490 e. The Balaban J connectivity index is 0.000000479. The number of benzene rings is 2. The zero-order valence-corrected chi connectivity index (χ0v) is 20.8. The maximum absolute atomic E-state index is 10.6. The van der Waals surface area contributed by atoms with E-state index in [1.807, 2.05) is 55.5 Å². The van der Waals surface area contributed by atoms with E-state index in [0.29, 0.717) is 17.6 Å². The molecular formula is C25H27ClF3N5O3. The molecular weight excluding hydrogens is 511 g/mol. The summed E-state index contributed by atoms with van der Waals surface area (Å²) in [6, 6.07) is 15.4. The van der Waals surface area contributed by atoms with Crippen molar-refractivity contribution in [2.45, 2.75) is 25.9 Å². The number of anilines is 4. The first-order valence-electron chi connectivity index (χ1n) is 11.5. The minimum atomic E-state index is -5.08. The van der Waals surface area contributed by atoms with E-state index in [4.69, 9.17) is 26.2 Å². The van der Waals surface area contributed by atoms with Crippen molar-refractivity contribution in [1.82, 2.24) is 14.9 Å². The van der Waals surface area contributed by atoms with E-state index in [2.05, 4.69) is 25.5 Å². The average molecular weight is 538 g/mol. The molecule has 0 bridgehead atoms. The van der Waals surface area contributed by atoms with Gasteiger partial charge in [-0.3, -0.25) is 4.90 Å². The summed E-state index contributed by atoms with van der Waals surface area (Å²) in [6.07, 6.45) is -0.680. The topological polar surface area (TPSA) is 99.6 Å². The average Bonchev–Trinajstić information content (AvgIpc) is 3.37. The number of likely N-dealkylation sites (tertiary alicyclic amines) is 1. The number of aryl methyl sites for hydroxylation is 1. The Morgan fingerprint density at radius 1 is 1.05 bits per heavy atom. The molecule has 0 atom stereocenters. The third-order valence-corrected chi connectivity index (χ3v) is 5.56. The van der Waals surface area contributed by atoms with Gasteiger partial charge in [-0.15, -0.1) is 0 Å². The van der Waals surface area contributed by atoms with Crippen LogP contribution in [0.25, 0.3) is 0 Å². The fraction of sp³-hybridized carbons (Fsp3) is 0.320. The van der Waals surface area contributed by atoms with Crippen LogP contribution in [0.2, 0.25) is 5.02 Å². The molecule has 0 amide bonds. The zero-order valence-electron chi connectivity index (χ0n) is 20.1. The van der Waals surface area contributed by atoms with Crippen LogP contribution in [0, 0.1) is 6.92 Å². The predicted octanol–water partition coefficient (Wildman–Crippen LogP) is 6.03. The minimum absolute atomic E-state index is 0.528. The smallest absolute Gasteiger partial charge is 0.490 e. The Labute approximate surface area is 217 Å². The van der Waals surface area contributed by atoms with Crippen molar-refractivity contribution in [3.05, 3.63) is 65.3 Å². The van der Waals surface area contributed by atoms with Gasteiger partial charge >= 0.3 is 12.1 Å². The number of alkyl halides is 3. The van der Waals surface area contributed by atoms with Gasteiger partial charge in [-0.25, -0.2) is 9.78 Å². The number of carbonyl (C=O) groups is 1. The van der Waals surface area contributed by atoms with Crippen LogP contribution in [0.1, 0.15) is 18.4 Å². The third-order valence-electron chi connectivity index (χ3n) is 5.31. The number of hydrogen-bond donors (Lipinski definition) is 3. The van der Waals surface area contributed by atoms with Crippen LogP contribution in [0.5, 0.6) is 5.75 Å². The van der Waals surface area contributed by atoms with Crippen molar-refractivity contribution in [2.24, 2.45) is 0 Å².